The van der Waals surface area contributed by atoms with Crippen LogP contribution in [-0.4, -0.2) is 128 Å². The topological polar surface area (TPSA) is 376 Å². The van der Waals surface area contributed by atoms with Crippen molar-refractivity contribution in [1.29, 1.82) is 0 Å². The van der Waals surface area contributed by atoms with Crippen LogP contribution in [0.1, 0.15) is 127 Å². The Labute approximate surface area is 807 Å². The molecular formula is C103H98BrF9N16O11. The number of hydrogen-bond acceptors (Lipinski definition) is 23. The highest BCUT2D eigenvalue weighted by molar-refractivity contribution is 9.10. The third kappa shape index (κ3) is 35.5. The van der Waals surface area contributed by atoms with Crippen LogP contribution in [0.5, 0.6) is 0 Å². The molecule has 1 amide bonds. The van der Waals surface area contributed by atoms with Gasteiger partial charge in [-0.25, -0.2) is 98.6 Å². The van der Waals surface area contributed by atoms with Gasteiger partial charge in [0.1, 0.15) is 16.8 Å². The maximum absolute atomic E-state index is 13.7. The second-order valence-electron chi connectivity index (χ2n) is 33.2. The third-order valence-corrected chi connectivity index (χ3v) is 18.8. The summed E-state index contributed by atoms with van der Waals surface area (Å²) >= 11 is 3.28. The van der Waals surface area contributed by atoms with Crippen molar-refractivity contribution in [1.82, 2.24) is 74.9 Å². The summed E-state index contributed by atoms with van der Waals surface area (Å²) in [5.41, 5.74) is 12.1. The molecule has 7 aromatic heterocycles. The molecule has 14 aromatic rings. The summed E-state index contributed by atoms with van der Waals surface area (Å²) < 4.78 is 138. The zero-order chi connectivity index (χ0) is 102. The van der Waals surface area contributed by atoms with E-state index in [0.717, 1.165) is 112 Å². The highest BCUT2D eigenvalue weighted by atomic mass is 79.9. The summed E-state index contributed by atoms with van der Waals surface area (Å²) in [5, 5.41) is 34.9. The number of carbonyl (C=O) groups is 3. The molecular weight excluding hydrogens is 1890 g/mol. The van der Waals surface area contributed by atoms with E-state index in [4.69, 9.17) is 25.1 Å². The monoisotopic (exact) mass is 1980 g/mol. The van der Waals surface area contributed by atoms with Gasteiger partial charge in [-0.05, 0) is 192 Å². The number of H-pyrrole nitrogens is 1. The fourth-order valence-electron chi connectivity index (χ4n) is 12.1. The lowest BCUT2D eigenvalue weighted by Gasteiger charge is -2.19. The summed E-state index contributed by atoms with van der Waals surface area (Å²) in [7, 11) is 0. The van der Waals surface area contributed by atoms with Crippen molar-refractivity contribution in [3.8, 4) is 79.3 Å². The fourth-order valence-corrected chi connectivity index (χ4v) is 12.3. The number of aliphatic hydroxyl groups is 2. The molecule has 7 aromatic carbocycles. The highest BCUT2D eigenvalue weighted by Crippen LogP contribution is 2.28. The molecule has 726 valence electrons. The number of benzene rings is 7. The Morgan fingerprint density at radius 2 is 0.750 bits per heavy atom. The second-order valence-corrected chi connectivity index (χ2v) is 34.1. The number of carbonyl (C=O) groups excluding carboxylic acids is 3. The maximum atomic E-state index is 13.7. The highest BCUT2D eigenvalue weighted by Gasteiger charge is 2.22. The number of aromatic nitrogens is 14. The molecule has 0 spiro atoms. The third-order valence-electron chi connectivity index (χ3n) is 18.4. The summed E-state index contributed by atoms with van der Waals surface area (Å²) in [6.45, 7) is 21.0. The lowest BCUT2D eigenvalue weighted by Crippen LogP contribution is -2.32. The van der Waals surface area contributed by atoms with Gasteiger partial charge < -0.3 is 35.5 Å². The molecule has 0 atom stereocenters. The minimum absolute atomic E-state index is 0.00581. The van der Waals surface area contributed by atoms with Crippen LogP contribution in [-0.2, 0) is 50.1 Å². The molecule has 0 fully saturated rings. The van der Waals surface area contributed by atoms with E-state index in [-0.39, 0.29) is 84.0 Å². The van der Waals surface area contributed by atoms with Gasteiger partial charge in [0.2, 0.25) is 0 Å². The summed E-state index contributed by atoms with van der Waals surface area (Å²) in [6, 6.07) is 42.0. The summed E-state index contributed by atoms with van der Waals surface area (Å²) in [6.07, 6.45) is 27.6. The Hall–Kier alpha value is -15.6. The lowest BCUT2D eigenvalue weighted by atomic mass is 10.1. The van der Waals surface area contributed by atoms with Crippen LogP contribution in [0.15, 0.2) is 269 Å². The van der Waals surface area contributed by atoms with E-state index in [0.29, 0.717) is 61.2 Å². The zero-order valence-electron chi connectivity index (χ0n) is 77.3. The molecule has 27 nitrogen and oxygen atoms in total. The van der Waals surface area contributed by atoms with Crippen LogP contribution in [0.3, 0.4) is 0 Å². The van der Waals surface area contributed by atoms with Gasteiger partial charge in [-0.1, -0.05) is 115 Å². The molecule has 140 heavy (non-hydrogen) atoms. The number of allylic oxidation sites excluding steroid dienone is 2. The number of nitrogens with zero attached hydrogens (tertiary/aromatic N) is 13. The minimum atomic E-state index is -1.57. The van der Waals surface area contributed by atoms with Gasteiger partial charge in [0.15, 0.2) is 75.7 Å². The van der Waals surface area contributed by atoms with Crippen molar-refractivity contribution < 1.29 is 78.3 Å². The van der Waals surface area contributed by atoms with Gasteiger partial charge in [-0.2, -0.15) is 15.3 Å². The number of ether oxygens (including phenoxy) is 3. The van der Waals surface area contributed by atoms with Gasteiger partial charge in [0, 0.05) is 149 Å². The molecule has 0 radical (unpaired) electrons. The van der Waals surface area contributed by atoms with Crippen LogP contribution in [0.4, 0.5) is 44.3 Å². The number of rotatable bonds is 25. The Morgan fingerprint density at radius 3 is 1.09 bits per heavy atom. The minimum Gasteiger partial charge on any atom is -0.460 e. The van der Waals surface area contributed by atoms with Crippen molar-refractivity contribution in [3.63, 3.8) is 0 Å². The molecule has 37 heteroatoms. The SMILES string of the molecule is C=CCCC(=O)OC(C)(C)C.CC(C)(C)OC(=O)CC/C=C/c1cnc(-c2cccc(Cn3nc(-c4cc(F)c(F)c(F)c4)ccc3=O)c2)nc1.CC(C)(C)OC(=O)NC/C=C/c1cnc(-c2cccc(CO)c2)nc1.NC/C=C/c1cnc(-c2cccc(Cn3nc(-c4cc(F)c(F)c(F)c4)ccc3=O)c2)nc1.O=c1ccc(-c2cc(F)c(F)c(F)c2)n[nH]1.OCc1cccc(-c2ncc(Br)cn2)c1. The first kappa shape index (κ1) is 108. The van der Waals surface area contributed by atoms with E-state index in [1.54, 1.807) is 92.1 Å². The van der Waals surface area contributed by atoms with Crippen LogP contribution in [0, 0.1) is 52.4 Å². The number of esters is 2. The zero-order valence-corrected chi connectivity index (χ0v) is 78.9. The maximum Gasteiger partial charge on any atom is 0.407 e. The fraction of sp³-hybridized carbons (Fsp3) is 0.214. The summed E-state index contributed by atoms with van der Waals surface area (Å²) in [5.74, 6) is -10.8. The second kappa shape index (κ2) is 52.1. The number of nitrogens with two attached hydrogens (primary N) is 1. The van der Waals surface area contributed by atoms with Crippen molar-refractivity contribution in [2.45, 2.75) is 131 Å². The molecule has 7 heterocycles. The van der Waals surface area contributed by atoms with E-state index in [9.17, 15) is 73.4 Å². The number of hydrogen-bond donors (Lipinski definition) is 5. The van der Waals surface area contributed by atoms with Crippen LogP contribution >= 0.6 is 15.9 Å². The average molecular weight is 1990 g/mol. The van der Waals surface area contributed by atoms with Crippen LogP contribution in [0.2, 0.25) is 0 Å². The normalized spacial score (nSPS) is 11.2. The Balaban J connectivity index is 0.000000198. The Morgan fingerprint density at radius 1 is 0.421 bits per heavy atom. The molecule has 0 aliphatic carbocycles. The van der Waals surface area contributed by atoms with Crippen molar-refractivity contribution in [2.24, 2.45) is 5.73 Å². The average Bonchev–Trinajstić information content (AvgIpc) is 0.811. The van der Waals surface area contributed by atoms with Crippen LogP contribution in [0.25, 0.3) is 97.6 Å². The smallest absolute Gasteiger partial charge is 0.407 e. The molecule has 0 saturated carbocycles. The largest absolute Gasteiger partial charge is 0.460 e. The molecule has 14 rings (SSSR count). The lowest BCUT2D eigenvalue weighted by molar-refractivity contribution is -0.155. The van der Waals surface area contributed by atoms with Crippen molar-refractivity contribution in [2.75, 3.05) is 13.1 Å². The molecule has 6 N–H and O–H groups in total. The van der Waals surface area contributed by atoms with Gasteiger partial charge in [0.05, 0.1) is 47.9 Å². The first-order chi connectivity index (χ1) is 66.6. The van der Waals surface area contributed by atoms with Gasteiger partial charge >= 0.3 is 18.0 Å². The van der Waals surface area contributed by atoms with E-state index in [1.165, 1.54) is 30.3 Å². The first-order valence-electron chi connectivity index (χ1n) is 43.0. The quantitative estimate of drug-likeness (QED) is 0.0117. The van der Waals surface area contributed by atoms with E-state index in [1.807, 2.05) is 159 Å². The number of halogens is 10. The molecule has 0 bridgehead atoms. The van der Waals surface area contributed by atoms with E-state index < -0.39 is 86.3 Å². The molecule has 0 saturated heterocycles. The number of alkyl carbamates (subject to hydrolysis) is 1. The van der Waals surface area contributed by atoms with Crippen molar-refractivity contribution in [3.05, 3.63) is 377 Å². The predicted octanol–water partition coefficient (Wildman–Crippen LogP) is 19.5. The standard InChI is InChI=1S/C30H27F3N4O3.C24H18F3N5O.C19H23N3O3.C11H9BrN2O.C10H5F3N2O.C9H16O2/c1-30(2,3)40-27(39)10-5-4-7-20-16-34-29(35-17-20)21-9-6-8-19(13-21)18-37-26(38)12-11-25(36-37)22-14-23(31)28(33)24(32)15-22;25-19-10-18(11-20(26)23(19)27)21-6-7-22(33)32(31-21)14-15-3-1-5-17(9-15)24-29-12-16(13-30-24)4-2-8-28;1-19(2,3)25-18(24)20-9-5-7-15-11-21-17(22-12-15)16-8-4-6-14(10-16)13-23;12-10-5-13-11(14-6-10)9-3-1-2-8(4-9)7-15;11-6-3-5(4-7(12)10(6)13)8-1-2-9(16)15-14-8;1-5-6-7-8(10)11-9(2,3)4/h4,6-9,11-17H,5,10,18H2,1-3H3;1-7,9-13H,8,14,28H2;4-8,10-12,23H,9,13H2,1-3H3,(H,20,24);1-6,15H,7H2;1-4H,(H,15,16);5H,1,6-7H2,2-4H3/b7-4+;4-2+;7-5+;;;. The molecule has 0 aliphatic rings. The van der Waals surface area contributed by atoms with Gasteiger partial charge in [0.25, 0.3) is 16.7 Å². The number of aliphatic hydroxyl groups excluding tert-OH is 2. The number of amides is 1. The van der Waals surface area contributed by atoms with Crippen molar-refractivity contribution >= 4 is 52.2 Å². The molecule has 0 unspecified atom stereocenters. The van der Waals surface area contributed by atoms with E-state index >= 15 is 0 Å². The van der Waals surface area contributed by atoms with Gasteiger partial charge in [-0.15, -0.1) is 6.58 Å². The first-order valence-corrected chi connectivity index (χ1v) is 43.8. The number of aromatic amines is 1. The predicted molar refractivity (Wildman–Crippen MR) is 516 cm³/mol. The van der Waals surface area contributed by atoms with Gasteiger partial charge in [-0.3, -0.25) is 24.0 Å². The Kier molecular flexibility index (Phi) is 40.2. The van der Waals surface area contributed by atoms with E-state index in [2.05, 4.69) is 88.1 Å². The molecule has 0 aliphatic heterocycles. The Bertz CT molecular complexity index is 6790. The summed E-state index contributed by atoms with van der Waals surface area (Å²) in [4.78, 5) is 104. The number of nitrogens with one attached hydrogen (secondary N) is 2. The van der Waals surface area contributed by atoms with Crippen LogP contribution < -0.4 is 27.7 Å².